The van der Waals surface area contributed by atoms with Crippen LogP contribution >= 0.6 is 0 Å². The molecule has 0 aromatic heterocycles. The highest BCUT2D eigenvalue weighted by atomic mass is 32.2. The third kappa shape index (κ3) is 3.42. The molecule has 3 N–H and O–H groups in total. The highest BCUT2D eigenvalue weighted by Gasteiger charge is 2.29. The van der Waals surface area contributed by atoms with Gasteiger partial charge in [0.05, 0.1) is 10.8 Å². The van der Waals surface area contributed by atoms with Gasteiger partial charge in [0, 0.05) is 12.2 Å². The molecular weight excluding hydrogens is 290 g/mol. The summed E-state index contributed by atoms with van der Waals surface area (Å²) in [6.07, 6.45) is 0. The first-order valence-corrected chi connectivity index (χ1v) is 8.39. The minimum atomic E-state index is -3.53. The zero-order valence-corrected chi connectivity index (χ0v) is 13.3. The molecule has 116 valence electrons. The molecule has 1 aromatic rings. The molecule has 1 aliphatic rings. The summed E-state index contributed by atoms with van der Waals surface area (Å²) in [7, 11) is -2.16. The fourth-order valence-corrected chi connectivity index (χ4v) is 3.47. The van der Waals surface area contributed by atoms with E-state index in [1.165, 1.54) is 13.1 Å². The molecule has 1 aliphatic heterocycles. The Kier molecular flexibility index (Phi) is 4.65. The Balaban J connectivity index is 2.22. The Labute approximate surface area is 125 Å². The number of aryl methyl sites for hydroxylation is 1. The first kappa shape index (κ1) is 15.9. The van der Waals surface area contributed by atoms with Gasteiger partial charge in [0.15, 0.2) is 0 Å². The van der Waals surface area contributed by atoms with E-state index in [1.54, 1.807) is 19.1 Å². The normalized spacial score (nSPS) is 22.2. The number of rotatable bonds is 4. The van der Waals surface area contributed by atoms with Crippen molar-refractivity contribution in [1.29, 1.82) is 0 Å². The number of nitrogens with one attached hydrogen (secondary N) is 3. The van der Waals surface area contributed by atoms with Gasteiger partial charge in [0.25, 0.3) is 0 Å². The molecule has 0 radical (unpaired) electrons. The zero-order chi connectivity index (χ0) is 15.6. The molecule has 6 nitrogen and oxygen atoms in total. The van der Waals surface area contributed by atoms with E-state index in [4.69, 9.17) is 0 Å². The van der Waals surface area contributed by atoms with Gasteiger partial charge in [0.2, 0.25) is 15.9 Å². The first-order valence-electron chi connectivity index (χ1n) is 6.91. The molecule has 1 aromatic carbocycles. The van der Waals surface area contributed by atoms with E-state index in [0.717, 1.165) is 6.54 Å². The summed E-state index contributed by atoms with van der Waals surface area (Å²) in [5.74, 6) is 0.107. The van der Waals surface area contributed by atoms with Crippen LogP contribution < -0.4 is 15.4 Å². The highest BCUT2D eigenvalue weighted by molar-refractivity contribution is 7.89. The number of amides is 1. The number of sulfonamides is 1. The van der Waals surface area contributed by atoms with Crippen LogP contribution in [0.2, 0.25) is 0 Å². The van der Waals surface area contributed by atoms with Crippen LogP contribution in [0.1, 0.15) is 12.5 Å². The smallest absolute Gasteiger partial charge is 0.240 e. The van der Waals surface area contributed by atoms with Crippen molar-refractivity contribution in [3.63, 3.8) is 0 Å². The topological polar surface area (TPSA) is 87.3 Å². The lowest BCUT2D eigenvalue weighted by molar-refractivity contribution is -0.120. The van der Waals surface area contributed by atoms with Crippen LogP contribution in [0.3, 0.4) is 0 Å². The molecule has 21 heavy (non-hydrogen) atoms. The van der Waals surface area contributed by atoms with Gasteiger partial charge in [0.1, 0.15) is 0 Å². The van der Waals surface area contributed by atoms with E-state index in [9.17, 15) is 13.2 Å². The number of hydrogen-bond donors (Lipinski definition) is 3. The predicted molar refractivity (Wildman–Crippen MR) is 81.6 cm³/mol. The van der Waals surface area contributed by atoms with Crippen LogP contribution in [0.25, 0.3) is 0 Å². The van der Waals surface area contributed by atoms with E-state index in [-0.39, 0.29) is 22.6 Å². The fourth-order valence-electron chi connectivity index (χ4n) is 2.47. The predicted octanol–water partition coefficient (Wildman–Crippen LogP) is 0.697. The van der Waals surface area contributed by atoms with E-state index in [1.807, 2.05) is 6.92 Å². The molecule has 0 bridgehead atoms. The van der Waals surface area contributed by atoms with Gasteiger partial charge in [-0.15, -0.1) is 0 Å². The minimum Gasteiger partial charge on any atom is -0.326 e. The fraction of sp³-hybridized carbons (Fsp3) is 0.500. The standard InChI is InChI=1S/C14H21N3O3S/c1-9-4-5-11(6-13(9)21(19,20)15-3)17-14(18)12-8-16-7-10(12)2/h4-6,10,12,15-16H,7-8H2,1-3H3,(H,17,18). The molecule has 2 unspecified atom stereocenters. The largest absolute Gasteiger partial charge is 0.326 e. The molecule has 1 heterocycles. The van der Waals surface area contributed by atoms with Gasteiger partial charge in [-0.3, -0.25) is 4.79 Å². The molecule has 0 saturated carbocycles. The number of carbonyl (C=O) groups is 1. The van der Waals surface area contributed by atoms with Crippen LogP contribution in [0.15, 0.2) is 23.1 Å². The summed E-state index contributed by atoms with van der Waals surface area (Å²) < 4.78 is 26.2. The molecular formula is C14H21N3O3S. The number of anilines is 1. The van der Waals surface area contributed by atoms with Crippen molar-refractivity contribution >= 4 is 21.6 Å². The lowest BCUT2D eigenvalue weighted by atomic mass is 9.97. The Morgan fingerprint density at radius 3 is 2.62 bits per heavy atom. The van der Waals surface area contributed by atoms with Crippen LogP contribution in [-0.2, 0) is 14.8 Å². The number of hydrogen-bond acceptors (Lipinski definition) is 4. The second-order valence-electron chi connectivity index (χ2n) is 5.42. The molecule has 1 saturated heterocycles. The van der Waals surface area contributed by atoms with E-state index < -0.39 is 10.0 Å². The van der Waals surface area contributed by atoms with E-state index >= 15 is 0 Å². The molecule has 2 rings (SSSR count). The van der Waals surface area contributed by atoms with Crippen LogP contribution in [-0.4, -0.2) is 34.5 Å². The van der Waals surface area contributed by atoms with Crippen molar-refractivity contribution in [2.75, 3.05) is 25.5 Å². The van der Waals surface area contributed by atoms with Gasteiger partial charge in [-0.05, 0) is 44.1 Å². The molecule has 7 heteroatoms. The second-order valence-corrected chi connectivity index (χ2v) is 7.27. The zero-order valence-electron chi connectivity index (χ0n) is 12.4. The first-order chi connectivity index (χ1) is 9.85. The monoisotopic (exact) mass is 311 g/mol. The third-order valence-corrected chi connectivity index (χ3v) is 5.42. The lowest BCUT2D eigenvalue weighted by Crippen LogP contribution is -2.28. The van der Waals surface area contributed by atoms with Crippen molar-refractivity contribution in [2.24, 2.45) is 11.8 Å². The van der Waals surface area contributed by atoms with Crippen molar-refractivity contribution in [3.8, 4) is 0 Å². The van der Waals surface area contributed by atoms with Crippen LogP contribution in [0, 0.1) is 18.8 Å². The summed E-state index contributed by atoms with van der Waals surface area (Å²) in [5, 5.41) is 5.98. The Bertz CT molecular complexity index is 643. The molecule has 1 amide bonds. The van der Waals surface area contributed by atoms with Gasteiger partial charge in [-0.2, -0.15) is 0 Å². The quantitative estimate of drug-likeness (QED) is 0.764. The van der Waals surface area contributed by atoms with Gasteiger partial charge in [-0.25, -0.2) is 13.1 Å². The maximum absolute atomic E-state index is 12.2. The maximum atomic E-state index is 12.2. The number of benzene rings is 1. The lowest BCUT2D eigenvalue weighted by Gasteiger charge is -2.15. The molecule has 0 aliphatic carbocycles. The minimum absolute atomic E-state index is 0.0795. The Morgan fingerprint density at radius 2 is 2.05 bits per heavy atom. The summed E-state index contributed by atoms with van der Waals surface area (Å²) in [6.45, 7) is 5.22. The summed E-state index contributed by atoms with van der Waals surface area (Å²) >= 11 is 0. The summed E-state index contributed by atoms with van der Waals surface area (Å²) in [4.78, 5) is 12.4. The van der Waals surface area contributed by atoms with Crippen molar-refractivity contribution in [1.82, 2.24) is 10.0 Å². The molecule has 1 fully saturated rings. The number of carbonyl (C=O) groups excluding carboxylic acids is 1. The molecule has 2 atom stereocenters. The van der Waals surface area contributed by atoms with Crippen molar-refractivity contribution in [2.45, 2.75) is 18.7 Å². The maximum Gasteiger partial charge on any atom is 0.240 e. The second kappa shape index (κ2) is 6.13. The molecule has 0 spiro atoms. The SMILES string of the molecule is CNS(=O)(=O)c1cc(NC(=O)C2CNCC2C)ccc1C. The average molecular weight is 311 g/mol. The van der Waals surface area contributed by atoms with Gasteiger partial charge >= 0.3 is 0 Å². The average Bonchev–Trinajstić information content (AvgIpc) is 2.87. The Morgan fingerprint density at radius 1 is 1.33 bits per heavy atom. The van der Waals surface area contributed by atoms with Crippen molar-refractivity contribution in [3.05, 3.63) is 23.8 Å². The van der Waals surface area contributed by atoms with Gasteiger partial charge < -0.3 is 10.6 Å². The van der Waals surface area contributed by atoms with Crippen LogP contribution in [0.4, 0.5) is 5.69 Å². The third-order valence-electron chi connectivity index (χ3n) is 3.87. The van der Waals surface area contributed by atoms with Crippen LogP contribution in [0.5, 0.6) is 0 Å². The van der Waals surface area contributed by atoms with Crippen molar-refractivity contribution < 1.29 is 13.2 Å². The van der Waals surface area contributed by atoms with E-state index in [0.29, 0.717) is 17.8 Å². The summed E-state index contributed by atoms with van der Waals surface area (Å²) in [6, 6.07) is 4.90. The van der Waals surface area contributed by atoms with E-state index in [2.05, 4.69) is 15.4 Å². The highest BCUT2D eigenvalue weighted by Crippen LogP contribution is 2.22. The Hall–Kier alpha value is -1.44. The summed E-state index contributed by atoms with van der Waals surface area (Å²) in [5.41, 5.74) is 1.14. The van der Waals surface area contributed by atoms with Gasteiger partial charge in [-0.1, -0.05) is 13.0 Å².